The topological polar surface area (TPSA) is 64.4 Å². The molecule has 0 aliphatic rings. The van der Waals surface area contributed by atoms with E-state index in [1.807, 2.05) is 0 Å². The minimum atomic E-state index is 0.158. The van der Waals surface area contributed by atoms with Gasteiger partial charge in [0.2, 0.25) is 0 Å². The fraction of sp³-hybridized carbons (Fsp3) is 0.375. The number of nitrogens with two attached hydrogens (primary N) is 2. The van der Waals surface area contributed by atoms with Crippen LogP contribution in [0.5, 0.6) is 0 Å². The molecule has 0 saturated heterocycles. The van der Waals surface area contributed by atoms with Crippen molar-refractivity contribution in [2.24, 2.45) is 16.5 Å². The van der Waals surface area contributed by atoms with E-state index in [4.69, 9.17) is 11.5 Å². The Bertz CT molecular complexity index is 274. The molecular formula is C8H13N3S. The lowest BCUT2D eigenvalue weighted by molar-refractivity contribution is 1.03. The van der Waals surface area contributed by atoms with Crippen LogP contribution in [-0.2, 0) is 13.0 Å². The normalized spacial score (nSPS) is 9.75. The average molecular weight is 183 g/mol. The lowest BCUT2D eigenvalue weighted by Crippen LogP contribution is -2.22. The Hall–Kier alpha value is -1.03. The molecule has 12 heavy (non-hydrogen) atoms. The zero-order chi connectivity index (χ0) is 8.97. The summed E-state index contributed by atoms with van der Waals surface area (Å²) in [7, 11) is 0. The van der Waals surface area contributed by atoms with Gasteiger partial charge < -0.3 is 11.5 Å². The van der Waals surface area contributed by atoms with Crippen molar-refractivity contribution in [2.45, 2.75) is 19.9 Å². The zero-order valence-electron chi connectivity index (χ0n) is 7.08. The van der Waals surface area contributed by atoms with Crippen molar-refractivity contribution in [2.75, 3.05) is 0 Å². The number of hydrogen-bond acceptors (Lipinski definition) is 2. The van der Waals surface area contributed by atoms with Gasteiger partial charge in [0.15, 0.2) is 5.96 Å². The van der Waals surface area contributed by atoms with E-state index in [2.05, 4.69) is 23.4 Å². The van der Waals surface area contributed by atoms with Gasteiger partial charge in [-0.15, -0.1) is 11.3 Å². The Morgan fingerprint density at radius 1 is 1.58 bits per heavy atom. The van der Waals surface area contributed by atoms with E-state index < -0.39 is 0 Å². The van der Waals surface area contributed by atoms with Crippen molar-refractivity contribution >= 4 is 17.3 Å². The van der Waals surface area contributed by atoms with E-state index in [1.165, 1.54) is 10.4 Å². The van der Waals surface area contributed by atoms with Crippen molar-refractivity contribution in [3.8, 4) is 0 Å². The Labute approximate surface area is 76.1 Å². The number of rotatable bonds is 3. The predicted molar refractivity (Wildman–Crippen MR) is 53.2 cm³/mol. The third-order valence-electron chi connectivity index (χ3n) is 1.62. The van der Waals surface area contributed by atoms with Crippen molar-refractivity contribution in [3.63, 3.8) is 0 Å². The first-order valence-electron chi connectivity index (χ1n) is 3.84. The highest BCUT2D eigenvalue weighted by Crippen LogP contribution is 2.17. The summed E-state index contributed by atoms with van der Waals surface area (Å²) < 4.78 is 0. The highest BCUT2D eigenvalue weighted by atomic mass is 32.1. The molecule has 1 rings (SSSR count). The fourth-order valence-corrected chi connectivity index (χ4v) is 1.88. The number of thiophene rings is 1. The van der Waals surface area contributed by atoms with Crippen LogP contribution in [0.1, 0.15) is 17.4 Å². The van der Waals surface area contributed by atoms with Gasteiger partial charge in [-0.3, -0.25) is 0 Å². The van der Waals surface area contributed by atoms with Gasteiger partial charge in [0.25, 0.3) is 0 Å². The van der Waals surface area contributed by atoms with Crippen LogP contribution in [0.25, 0.3) is 0 Å². The zero-order valence-corrected chi connectivity index (χ0v) is 7.90. The number of guanidine groups is 1. The molecule has 0 saturated carbocycles. The highest BCUT2D eigenvalue weighted by molar-refractivity contribution is 7.10. The Kier molecular flexibility index (Phi) is 3.10. The van der Waals surface area contributed by atoms with E-state index in [1.54, 1.807) is 11.3 Å². The maximum absolute atomic E-state index is 5.23. The van der Waals surface area contributed by atoms with Crippen LogP contribution >= 0.6 is 11.3 Å². The lowest BCUT2D eigenvalue weighted by Gasteiger charge is -1.96. The molecule has 66 valence electrons. The van der Waals surface area contributed by atoms with Crippen LogP contribution in [0.2, 0.25) is 0 Å². The molecule has 1 heterocycles. The average Bonchev–Trinajstić information content (AvgIpc) is 2.47. The van der Waals surface area contributed by atoms with Crippen LogP contribution in [0.3, 0.4) is 0 Å². The second kappa shape index (κ2) is 4.11. The number of hydrogen-bond donors (Lipinski definition) is 2. The van der Waals surface area contributed by atoms with Gasteiger partial charge in [0.1, 0.15) is 0 Å². The summed E-state index contributed by atoms with van der Waals surface area (Å²) in [6.45, 7) is 2.74. The molecule has 4 heteroatoms. The van der Waals surface area contributed by atoms with E-state index in [0.29, 0.717) is 6.54 Å². The maximum Gasteiger partial charge on any atom is 0.186 e. The molecule has 0 radical (unpaired) electrons. The Morgan fingerprint density at radius 2 is 2.33 bits per heavy atom. The third kappa shape index (κ3) is 2.23. The first-order valence-corrected chi connectivity index (χ1v) is 4.72. The molecule has 3 nitrogen and oxygen atoms in total. The van der Waals surface area contributed by atoms with Crippen molar-refractivity contribution in [1.82, 2.24) is 0 Å². The number of aliphatic imine (C=N–C) groups is 1. The van der Waals surface area contributed by atoms with Crippen LogP contribution in [0.15, 0.2) is 16.4 Å². The van der Waals surface area contributed by atoms with Gasteiger partial charge in [0.05, 0.1) is 6.54 Å². The standard InChI is InChI=1S/C8H13N3S/c1-2-6-3-4-12-7(6)5-11-8(9)10/h3-4H,2,5H2,1H3,(H4,9,10,11). The molecule has 0 aromatic carbocycles. The molecule has 0 spiro atoms. The molecular weight excluding hydrogens is 170 g/mol. The smallest absolute Gasteiger partial charge is 0.186 e. The Morgan fingerprint density at radius 3 is 2.92 bits per heavy atom. The maximum atomic E-state index is 5.23. The summed E-state index contributed by atoms with van der Waals surface area (Å²) in [5.41, 5.74) is 11.8. The summed E-state index contributed by atoms with van der Waals surface area (Å²) in [5.74, 6) is 0.158. The molecule has 0 bridgehead atoms. The molecule has 0 unspecified atom stereocenters. The van der Waals surface area contributed by atoms with Gasteiger partial charge in [-0.25, -0.2) is 4.99 Å². The first-order chi connectivity index (χ1) is 5.74. The van der Waals surface area contributed by atoms with Crippen LogP contribution in [0, 0.1) is 0 Å². The Balaban J connectivity index is 2.68. The molecule has 0 aliphatic carbocycles. The van der Waals surface area contributed by atoms with E-state index >= 15 is 0 Å². The summed E-state index contributed by atoms with van der Waals surface area (Å²) in [5, 5.41) is 2.07. The van der Waals surface area contributed by atoms with Crippen molar-refractivity contribution < 1.29 is 0 Å². The van der Waals surface area contributed by atoms with Crippen LogP contribution in [0.4, 0.5) is 0 Å². The monoisotopic (exact) mass is 183 g/mol. The summed E-state index contributed by atoms with van der Waals surface area (Å²) in [6, 6.07) is 2.11. The molecule has 0 fully saturated rings. The second-order valence-corrected chi connectivity index (χ2v) is 3.46. The van der Waals surface area contributed by atoms with E-state index in [0.717, 1.165) is 6.42 Å². The second-order valence-electron chi connectivity index (χ2n) is 2.46. The van der Waals surface area contributed by atoms with E-state index in [9.17, 15) is 0 Å². The molecule has 1 aromatic rings. The van der Waals surface area contributed by atoms with Crippen molar-refractivity contribution in [3.05, 3.63) is 21.9 Å². The SMILES string of the molecule is CCc1ccsc1CN=C(N)N. The summed E-state index contributed by atoms with van der Waals surface area (Å²) in [6.07, 6.45) is 1.04. The molecule has 0 atom stereocenters. The summed E-state index contributed by atoms with van der Waals surface area (Å²) >= 11 is 1.70. The van der Waals surface area contributed by atoms with Crippen LogP contribution in [-0.4, -0.2) is 5.96 Å². The van der Waals surface area contributed by atoms with Gasteiger partial charge in [-0.05, 0) is 23.4 Å². The molecule has 0 amide bonds. The minimum Gasteiger partial charge on any atom is -0.370 e. The van der Waals surface area contributed by atoms with Gasteiger partial charge in [-0.2, -0.15) is 0 Å². The van der Waals surface area contributed by atoms with E-state index in [-0.39, 0.29) is 5.96 Å². The summed E-state index contributed by atoms with van der Waals surface area (Å²) in [4.78, 5) is 5.21. The van der Waals surface area contributed by atoms with Crippen LogP contribution < -0.4 is 11.5 Å². The van der Waals surface area contributed by atoms with Gasteiger partial charge >= 0.3 is 0 Å². The quantitative estimate of drug-likeness (QED) is 0.544. The van der Waals surface area contributed by atoms with Gasteiger partial charge in [0, 0.05) is 4.88 Å². The largest absolute Gasteiger partial charge is 0.370 e. The predicted octanol–water partition coefficient (Wildman–Crippen LogP) is 1.08. The molecule has 0 aliphatic heterocycles. The van der Waals surface area contributed by atoms with Crippen molar-refractivity contribution in [1.29, 1.82) is 0 Å². The molecule has 1 aromatic heterocycles. The van der Waals surface area contributed by atoms with Gasteiger partial charge in [-0.1, -0.05) is 6.92 Å². The highest BCUT2D eigenvalue weighted by Gasteiger charge is 2.00. The first kappa shape index (κ1) is 9.06. The minimum absolute atomic E-state index is 0.158. The molecule has 4 N–H and O–H groups in total. The number of nitrogens with zero attached hydrogens (tertiary/aromatic N) is 1. The fourth-order valence-electron chi connectivity index (χ4n) is 0.984. The third-order valence-corrected chi connectivity index (χ3v) is 2.57. The lowest BCUT2D eigenvalue weighted by atomic mass is 10.2. The number of aryl methyl sites for hydroxylation is 1.